The molecule has 1 aliphatic rings. The Balaban J connectivity index is 2.08. The van der Waals surface area contributed by atoms with Crippen LogP contribution in [0.4, 0.5) is 0 Å². The van der Waals surface area contributed by atoms with E-state index in [0.29, 0.717) is 0 Å². The van der Waals surface area contributed by atoms with Crippen LogP contribution >= 0.6 is 11.8 Å². The van der Waals surface area contributed by atoms with E-state index in [1.807, 2.05) is 0 Å². The molecule has 0 amide bonds. The lowest BCUT2D eigenvalue weighted by Gasteiger charge is -2.18. The van der Waals surface area contributed by atoms with Gasteiger partial charge in [0.25, 0.3) is 0 Å². The molecule has 1 atom stereocenters. The van der Waals surface area contributed by atoms with E-state index in [4.69, 9.17) is 5.11 Å². The molecule has 1 saturated heterocycles. The molecule has 2 nitrogen and oxygen atoms in total. The molecule has 0 aliphatic carbocycles. The van der Waals surface area contributed by atoms with Crippen molar-refractivity contribution in [1.29, 1.82) is 0 Å². The Morgan fingerprint density at radius 3 is 3.00 bits per heavy atom. The van der Waals surface area contributed by atoms with Gasteiger partial charge in [0.1, 0.15) is 0 Å². The van der Waals surface area contributed by atoms with E-state index < -0.39 is 0 Å². The maximum absolute atomic E-state index is 8.66. The first-order valence-corrected chi connectivity index (χ1v) is 5.35. The zero-order valence-corrected chi connectivity index (χ0v) is 7.94. The van der Waals surface area contributed by atoms with Crippen molar-refractivity contribution in [1.82, 2.24) is 4.90 Å². The predicted octanol–water partition coefficient (Wildman–Crippen LogP) is 0.664. The monoisotopic (exact) mass is 175 g/mol. The molecule has 0 aromatic heterocycles. The normalized spacial score (nSPS) is 24.8. The molecule has 3 heteroatoms. The molecular weight excluding hydrogens is 158 g/mol. The van der Waals surface area contributed by atoms with Crippen LogP contribution < -0.4 is 0 Å². The summed E-state index contributed by atoms with van der Waals surface area (Å²) in [6.07, 6.45) is 1.36. The molecule has 0 bridgehead atoms. The van der Waals surface area contributed by atoms with Crippen molar-refractivity contribution in [3.05, 3.63) is 0 Å². The van der Waals surface area contributed by atoms with Crippen LogP contribution in [0.3, 0.4) is 0 Å². The highest BCUT2D eigenvalue weighted by Gasteiger charge is 2.16. The number of aliphatic hydroxyl groups excluding tert-OH is 1. The van der Waals surface area contributed by atoms with Gasteiger partial charge in [-0.2, -0.15) is 11.8 Å². The lowest BCUT2D eigenvalue weighted by molar-refractivity contribution is 0.206. The Morgan fingerprint density at radius 1 is 1.64 bits per heavy atom. The summed E-state index contributed by atoms with van der Waals surface area (Å²) in [6.45, 7) is 2.27. The van der Waals surface area contributed by atoms with Gasteiger partial charge in [-0.1, -0.05) is 0 Å². The molecule has 66 valence electrons. The largest absolute Gasteiger partial charge is 0.395 e. The quantitative estimate of drug-likeness (QED) is 0.679. The number of rotatable bonds is 4. The standard InChI is InChI=1S/C8H17NOS/c1-9(3-4-10)6-8-2-5-11-7-8/h8,10H,2-7H2,1H3. The highest BCUT2D eigenvalue weighted by atomic mass is 32.2. The Labute approximate surface area is 73.0 Å². The topological polar surface area (TPSA) is 23.5 Å². The highest BCUT2D eigenvalue weighted by molar-refractivity contribution is 7.99. The molecule has 1 unspecified atom stereocenters. The second-order valence-corrected chi connectivity index (χ2v) is 4.37. The van der Waals surface area contributed by atoms with Crippen LogP contribution in [0.25, 0.3) is 0 Å². The lowest BCUT2D eigenvalue weighted by atomic mass is 10.1. The summed E-state index contributed by atoms with van der Waals surface area (Å²) < 4.78 is 0. The molecule has 1 rings (SSSR count). The fraction of sp³-hybridized carbons (Fsp3) is 1.00. The average molecular weight is 175 g/mol. The summed E-state index contributed by atoms with van der Waals surface area (Å²) in [5.74, 6) is 3.52. The fourth-order valence-electron chi connectivity index (χ4n) is 1.43. The van der Waals surface area contributed by atoms with E-state index in [1.165, 1.54) is 17.9 Å². The third-order valence-electron chi connectivity index (χ3n) is 2.08. The van der Waals surface area contributed by atoms with Gasteiger partial charge < -0.3 is 10.0 Å². The Morgan fingerprint density at radius 2 is 2.45 bits per heavy atom. The summed E-state index contributed by atoms with van der Waals surface area (Å²) in [4.78, 5) is 2.22. The molecule has 0 radical (unpaired) electrons. The summed E-state index contributed by atoms with van der Waals surface area (Å²) in [6, 6.07) is 0. The van der Waals surface area contributed by atoms with Crippen LogP contribution in [0.2, 0.25) is 0 Å². The van der Waals surface area contributed by atoms with Crippen LogP contribution in [0.1, 0.15) is 6.42 Å². The predicted molar refractivity (Wildman–Crippen MR) is 50.0 cm³/mol. The Kier molecular flexibility index (Phi) is 4.26. The zero-order chi connectivity index (χ0) is 8.10. The van der Waals surface area contributed by atoms with Gasteiger partial charge in [0.05, 0.1) is 6.61 Å². The van der Waals surface area contributed by atoms with Gasteiger partial charge in [0.15, 0.2) is 0 Å². The van der Waals surface area contributed by atoms with Crippen LogP contribution in [0.5, 0.6) is 0 Å². The first-order valence-electron chi connectivity index (χ1n) is 4.20. The van der Waals surface area contributed by atoms with E-state index in [9.17, 15) is 0 Å². The van der Waals surface area contributed by atoms with Crippen molar-refractivity contribution in [3.63, 3.8) is 0 Å². The first-order chi connectivity index (χ1) is 5.33. The number of aliphatic hydroxyl groups is 1. The Hall–Kier alpha value is 0.270. The van der Waals surface area contributed by atoms with E-state index in [1.54, 1.807) is 0 Å². The molecule has 1 N–H and O–H groups in total. The van der Waals surface area contributed by atoms with Gasteiger partial charge in [-0.3, -0.25) is 0 Å². The third-order valence-corrected chi connectivity index (χ3v) is 3.31. The number of nitrogens with zero attached hydrogens (tertiary/aromatic N) is 1. The molecule has 0 aromatic rings. The van der Waals surface area contributed by atoms with Gasteiger partial charge in [-0.15, -0.1) is 0 Å². The second kappa shape index (κ2) is 5.01. The Bertz CT molecular complexity index is 104. The number of hydrogen-bond acceptors (Lipinski definition) is 3. The number of thioether (sulfide) groups is 1. The van der Waals surface area contributed by atoms with Crippen LogP contribution in [-0.2, 0) is 0 Å². The summed E-state index contributed by atoms with van der Waals surface area (Å²) in [7, 11) is 2.08. The van der Waals surface area contributed by atoms with E-state index in [-0.39, 0.29) is 6.61 Å². The summed E-state index contributed by atoms with van der Waals surface area (Å²) >= 11 is 2.05. The second-order valence-electron chi connectivity index (χ2n) is 3.22. The molecule has 11 heavy (non-hydrogen) atoms. The molecule has 1 heterocycles. The molecule has 1 aliphatic heterocycles. The maximum atomic E-state index is 8.66. The van der Waals surface area contributed by atoms with Gasteiger partial charge in [-0.25, -0.2) is 0 Å². The first kappa shape index (κ1) is 9.36. The molecule has 0 spiro atoms. The van der Waals surface area contributed by atoms with Crippen molar-refractivity contribution in [2.45, 2.75) is 6.42 Å². The van der Waals surface area contributed by atoms with Crippen molar-refractivity contribution in [3.8, 4) is 0 Å². The van der Waals surface area contributed by atoms with Crippen molar-refractivity contribution in [2.75, 3.05) is 38.2 Å². The lowest BCUT2D eigenvalue weighted by Crippen LogP contribution is -2.28. The summed E-state index contributed by atoms with van der Waals surface area (Å²) in [5, 5.41) is 8.66. The average Bonchev–Trinajstić information content (AvgIpc) is 2.40. The molecular formula is C8H17NOS. The fourth-order valence-corrected chi connectivity index (χ4v) is 2.70. The van der Waals surface area contributed by atoms with Gasteiger partial charge in [-0.05, 0) is 30.9 Å². The highest BCUT2D eigenvalue weighted by Crippen LogP contribution is 2.23. The van der Waals surface area contributed by atoms with E-state index in [2.05, 4.69) is 23.7 Å². The maximum Gasteiger partial charge on any atom is 0.0558 e. The zero-order valence-electron chi connectivity index (χ0n) is 7.12. The minimum Gasteiger partial charge on any atom is -0.395 e. The van der Waals surface area contributed by atoms with E-state index in [0.717, 1.165) is 19.0 Å². The van der Waals surface area contributed by atoms with Gasteiger partial charge >= 0.3 is 0 Å². The molecule has 0 saturated carbocycles. The van der Waals surface area contributed by atoms with Crippen molar-refractivity contribution < 1.29 is 5.11 Å². The minimum atomic E-state index is 0.288. The van der Waals surface area contributed by atoms with E-state index >= 15 is 0 Å². The SMILES string of the molecule is CN(CCO)CC1CCSC1. The van der Waals surface area contributed by atoms with Crippen molar-refractivity contribution >= 4 is 11.8 Å². The molecule has 1 fully saturated rings. The van der Waals surface area contributed by atoms with Crippen molar-refractivity contribution in [2.24, 2.45) is 5.92 Å². The number of likely N-dealkylation sites (N-methyl/N-ethyl adjacent to an activating group) is 1. The van der Waals surface area contributed by atoms with Crippen LogP contribution in [-0.4, -0.2) is 48.3 Å². The third kappa shape index (κ3) is 3.45. The van der Waals surface area contributed by atoms with Crippen LogP contribution in [0, 0.1) is 5.92 Å². The summed E-state index contributed by atoms with van der Waals surface area (Å²) in [5.41, 5.74) is 0. The number of hydrogen-bond donors (Lipinski definition) is 1. The van der Waals surface area contributed by atoms with Gasteiger partial charge in [0, 0.05) is 13.1 Å². The molecule has 0 aromatic carbocycles. The van der Waals surface area contributed by atoms with Gasteiger partial charge in [0.2, 0.25) is 0 Å². The smallest absolute Gasteiger partial charge is 0.0558 e. The van der Waals surface area contributed by atoms with Crippen LogP contribution in [0.15, 0.2) is 0 Å². The minimum absolute atomic E-state index is 0.288.